The van der Waals surface area contributed by atoms with Crippen LogP contribution in [0.5, 0.6) is 0 Å². The van der Waals surface area contributed by atoms with Crippen LogP contribution in [-0.2, 0) is 11.3 Å². The van der Waals surface area contributed by atoms with E-state index in [0.29, 0.717) is 37.7 Å². The fourth-order valence-corrected chi connectivity index (χ4v) is 5.23. The zero-order valence-electron chi connectivity index (χ0n) is 19.5. The standard InChI is InChI=1S/C27H34N4O2/c1-20-7-9-22(10-8-20)26(32)31-19-24(17-25(31)27(33)29-15-13-28-14-16-29)30(23-11-12-23)18-21-5-3-2-4-6-21/h2-10,23-25,28H,11-19H2,1H3. The average Bonchev–Trinajstić information content (AvgIpc) is 3.61. The lowest BCUT2D eigenvalue weighted by Crippen LogP contribution is -2.53. The van der Waals surface area contributed by atoms with Crippen molar-refractivity contribution in [2.24, 2.45) is 0 Å². The lowest BCUT2D eigenvalue weighted by atomic mass is 10.1. The molecule has 1 saturated carbocycles. The molecule has 2 aromatic carbocycles. The highest BCUT2D eigenvalue weighted by Gasteiger charge is 2.46. The van der Waals surface area contributed by atoms with E-state index >= 15 is 0 Å². The van der Waals surface area contributed by atoms with Gasteiger partial charge in [0.25, 0.3) is 5.91 Å². The van der Waals surface area contributed by atoms with Gasteiger partial charge in [-0.25, -0.2) is 0 Å². The van der Waals surface area contributed by atoms with Crippen molar-refractivity contribution in [1.29, 1.82) is 0 Å². The summed E-state index contributed by atoms with van der Waals surface area (Å²) in [4.78, 5) is 33.5. The van der Waals surface area contributed by atoms with Gasteiger partial charge in [0.05, 0.1) is 0 Å². The van der Waals surface area contributed by atoms with E-state index in [0.717, 1.165) is 25.2 Å². The lowest BCUT2D eigenvalue weighted by molar-refractivity contribution is -0.135. The second-order valence-corrected chi connectivity index (χ2v) is 9.69. The van der Waals surface area contributed by atoms with Gasteiger partial charge in [-0.15, -0.1) is 0 Å². The molecule has 1 N–H and O–H groups in total. The molecule has 0 bridgehead atoms. The zero-order valence-corrected chi connectivity index (χ0v) is 19.5. The minimum Gasteiger partial charge on any atom is -0.338 e. The Balaban J connectivity index is 1.40. The van der Waals surface area contributed by atoms with Crippen LogP contribution in [0.1, 0.15) is 40.7 Å². The molecule has 3 fully saturated rings. The van der Waals surface area contributed by atoms with Gasteiger partial charge in [0, 0.05) is 56.9 Å². The molecule has 3 aliphatic rings. The first kappa shape index (κ1) is 22.1. The Morgan fingerprint density at radius 1 is 0.970 bits per heavy atom. The highest BCUT2D eigenvalue weighted by atomic mass is 16.2. The summed E-state index contributed by atoms with van der Waals surface area (Å²) in [7, 11) is 0. The number of piperazine rings is 1. The van der Waals surface area contributed by atoms with Gasteiger partial charge in [0.15, 0.2) is 0 Å². The molecule has 1 aliphatic carbocycles. The number of likely N-dealkylation sites (tertiary alicyclic amines) is 1. The molecule has 2 saturated heterocycles. The predicted molar refractivity (Wildman–Crippen MR) is 129 cm³/mol. The Labute approximate surface area is 196 Å². The van der Waals surface area contributed by atoms with Crippen molar-refractivity contribution >= 4 is 11.8 Å². The third kappa shape index (κ3) is 4.97. The molecule has 2 amide bonds. The van der Waals surface area contributed by atoms with E-state index in [9.17, 15) is 9.59 Å². The number of amides is 2. The van der Waals surface area contributed by atoms with Crippen LogP contribution in [0.25, 0.3) is 0 Å². The van der Waals surface area contributed by atoms with Crippen LogP contribution in [0.15, 0.2) is 54.6 Å². The van der Waals surface area contributed by atoms with Crippen molar-refractivity contribution in [3.8, 4) is 0 Å². The smallest absolute Gasteiger partial charge is 0.254 e. The number of benzene rings is 2. The molecule has 0 aromatic heterocycles. The summed E-state index contributed by atoms with van der Waals surface area (Å²) in [5.41, 5.74) is 3.08. The first-order chi connectivity index (χ1) is 16.1. The maximum atomic E-state index is 13.6. The van der Waals surface area contributed by atoms with Crippen molar-refractivity contribution in [1.82, 2.24) is 20.0 Å². The normalized spacial score (nSPS) is 23.2. The molecule has 33 heavy (non-hydrogen) atoms. The van der Waals surface area contributed by atoms with Crippen LogP contribution >= 0.6 is 0 Å². The molecular weight excluding hydrogens is 412 g/mol. The van der Waals surface area contributed by atoms with E-state index in [4.69, 9.17) is 0 Å². The second-order valence-electron chi connectivity index (χ2n) is 9.69. The summed E-state index contributed by atoms with van der Waals surface area (Å²) in [6.45, 7) is 6.56. The van der Waals surface area contributed by atoms with Gasteiger partial charge in [-0.05, 0) is 43.9 Å². The first-order valence-electron chi connectivity index (χ1n) is 12.3. The lowest BCUT2D eigenvalue weighted by Gasteiger charge is -2.32. The van der Waals surface area contributed by atoms with Crippen LogP contribution in [0.3, 0.4) is 0 Å². The average molecular weight is 447 g/mol. The van der Waals surface area contributed by atoms with Crippen molar-refractivity contribution in [2.45, 2.75) is 50.9 Å². The van der Waals surface area contributed by atoms with E-state index < -0.39 is 0 Å². The van der Waals surface area contributed by atoms with Gasteiger partial charge < -0.3 is 15.1 Å². The Hall–Kier alpha value is -2.70. The van der Waals surface area contributed by atoms with E-state index in [2.05, 4.69) is 34.5 Å². The largest absolute Gasteiger partial charge is 0.338 e. The number of nitrogens with one attached hydrogen (secondary N) is 1. The Morgan fingerprint density at radius 3 is 2.33 bits per heavy atom. The number of hydrogen-bond donors (Lipinski definition) is 1. The Kier molecular flexibility index (Phi) is 6.47. The zero-order chi connectivity index (χ0) is 22.8. The summed E-state index contributed by atoms with van der Waals surface area (Å²) < 4.78 is 0. The molecule has 2 heterocycles. The molecule has 5 rings (SSSR count). The van der Waals surface area contributed by atoms with Crippen LogP contribution in [0, 0.1) is 6.92 Å². The fourth-order valence-electron chi connectivity index (χ4n) is 5.23. The van der Waals surface area contributed by atoms with Gasteiger partial charge in [-0.2, -0.15) is 0 Å². The number of aryl methyl sites for hydroxylation is 1. The minimum absolute atomic E-state index is 0.0264. The van der Waals surface area contributed by atoms with Crippen molar-refractivity contribution in [3.05, 3.63) is 71.3 Å². The molecule has 2 aliphatic heterocycles. The summed E-state index contributed by atoms with van der Waals surface area (Å²) in [6.07, 6.45) is 3.11. The predicted octanol–water partition coefficient (Wildman–Crippen LogP) is 2.67. The third-order valence-corrected chi connectivity index (χ3v) is 7.24. The molecule has 2 unspecified atom stereocenters. The molecule has 2 atom stereocenters. The number of rotatable bonds is 6. The monoisotopic (exact) mass is 446 g/mol. The van der Waals surface area contributed by atoms with E-state index in [1.807, 2.05) is 47.1 Å². The molecule has 0 radical (unpaired) electrons. The molecule has 6 nitrogen and oxygen atoms in total. The van der Waals surface area contributed by atoms with Gasteiger partial charge >= 0.3 is 0 Å². The Morgan fingerprint density at radius 2 is 1.67 bits per heavy atom. The van der Waals surface area contributed by atoms with Crippen LogP contribution < -0.4 is 5.32 Å². The molecule has 174 valence electrons. The first-order valence-corrected chi connectivity index (χ1v) is 12.3. The van der Waals surface area contributed by atoms with Crippen LogP contribution in [0.4, 0.5) is 0 Å². The van der Waals surface area contributed by atoms with Crippen molar-refractivity contribution in [2.75, 3.05) is 32.7 Å². The maximum absolute atomic E-state index is 13.6. The van der Waals surface area contributed by atoms with Gasteiger partial charge in [-0.3, -0.25) is 14.5 Å². The number of carbonyl (C=O) groups excluding carboxylic acids is 2. The van der Waals surface area contributed by atoms with Crippen molar-refractivity contribution in [3.63, 3.8) is 0 Å². The number of carbonyl (C=O) groups is 2. The SMILES string of the molecule is Cc1ccc(C(=O)N2CC(N(Cc3ccccc3)C3CC3)CC2C(=O)N2CCNCC2)cc1. The van der Waals surface area contributed by atoms with E-state index in [1.165, 1.54) is 18.4 Å². The highest BCUT2D eigenvalue weighted by molar-refractivity contribution is 5.98. The molecular formula is C27H34N4O2. The summed E-state index contributed by atoms with van der Waals surface area (Å²) in [5.74, 6) is 0.0800. The molecule has 6 heteroatoms. The molecule has 0 spiro atoms. The number of nitrogens with zero attached hydrogens (tertiary/aromatic N) is 3. The van der Waals surface area contributed by atoms with Gasteiger partial charge in [0.1, 0.15) is 6.04 Å². The van der Waals surface area contributed by atoms with Gasteiger partial charge in [0.2, 0.25) is 5.91 Å². The van der Waals surface area contributed by atoms with Crippen LogP contribution in [-0.4, -0.2) is 77.4 Å². The summed E-state index contributed by atoms with van der Waals surface area (Å²) >= 11 is 0. The maximum Gasteiger partial charge on any atom is 0.254 e. The highest BCUT2D eigenvalue weighted by Crippen LogP contribution is 2.35. The fraction of sp³-hybridized carbons (Fsp3) is 0.481. The molecule has 2 aromatic rings. The second kappa shape index (κ2) is 9.65. The summed E-state index contributed by atoms with van der Waals surface area (Å²) in [6, 6.07) is 18.6. The topological polar surface area (TPSA) is 55.9 Å². The Bertz CT molecular complexity index is 967. The van der Waals surface area contributed by atoms with Gasteiger partial charge in [-0.1, -0.05) is 48.0 Å². The van der Waals surface area contributed by atoms with E-state index in [1.54, 1.807) is 0 Å². The van der Waals surface area contributed by atoms with Crippen LogP contribution in [0.2, 0.25) is 0 Å². The van der Waals surface area contributed by atoms with E-state index in [-0.39, 0.29) is 23.9 Å². The quantitative estimate of drug-likeness (QED) is 0.741. The summed E-state index contributed by atoms with van der Waals surface area (Å²) in [5, 5.41) is 3.32. The minimum atomic E-state index is -0.390. The third-order valence-electron chi connectivity index (χ3n) is 7.24. The van der Waals surface area contributed by atoms with Crippen molar-refractivity contribution < 1.29 is 9.59 Å². The number of hydrogen-bond acceptors (Lipinski definition) is 4.